The van der Waals surface area contributed by atoms with Gasteiger partial charge in [0.05, 0.1) is 5.54 Å². The standard InChI is InChI=1S/C19H27F2N3O/c20-16-5-4-14(12-17(16)21)13-24-10-6-15(7-11-24)23-18(25)19(22)8-2-1-3-9-19/h4-5,12,15H,1-3,6-11,13,22H2,(H,23,25). The highest BCUT2D eigenvalue weighted by atomic mass is 19.2. The van der Waals surface area contributed by atoms with Crippen LogP contribution in [0, 0.1) is 11.6 Å². The lowest BCUT2D eigenvalue weighted by Crippen LogP contribution is -2.58. The van der Waals surface area contributed by atoms with Gasteiger partial charge in [-0.3, -0.25) is 9.69 Å². The number of carbonyl (C=O) groups is 1. The number of rotatable bonds is 4. The topological polar surface area (TPSA) is 58.4 Å². The number of hydrogen-bond acceptors (Lipinski definition) is 3. The molecule has 3 rings (SSSR count). The molecule has 6 heteroatoms. The van der Waals surface area contributed by atoms with Gasteiger partial charge in [-0.05, 0) is 43.4 Å². The van der Waals surface area contributed by atoms with Crippen molar-refractivity contribution in [1.82, 2.24) is 10.2 Å². The molecule has 1 amide bonds. The monoisotopic (exact) mass is 351 g/mol. The van der Waals surface area contributed by atoms with E-state index >= 15 is 0 Å². The summed E-state index contributed by atoms with van der Waals surface area (Å²) in [6, 6.07) is 4.19. The summed E-state index contributed by atoms with van der Waals surface area (Å²) in [5.41, 5.74) is 6.36. The van der Waals surface area contributed by atoms with E-state index in [0.29, 0.717) is 6.54 Å². The number of nitrogens with one attached hydrogen (secondary N) is 1. The van der Waals surface area contributed by atoms with Gasteiger partial charge >= 0.3 is 0 Å². The molecule has 0 bridgehead atoms. The number of benzene rings is 1. The van der Waals surface area contributed by atoms with Crippen molar-refractivity contribution in [3.8, 4) is 0 Å². The highest BCUT2D eigenvalue weighted by molar-refractivity contribution is 5.86. The summed E-state index contributed by atoms with van der Waals surface area (Å²) in [7, 11) is 0. The highest BCUT2D eigenvalue weighted by Crippen LogP contribution is 2.26. The summed E-state index contributed by atoms with van der Waals surface area (Å²) in [6.45, 7) is 2.24. The van der Waals surface area contributed by atoms with Crippen molar-refractivity contribution in [2.24, 2.45) is 5.73 Å². The lowest BCUT2D eigenvalue weighted by Gasteiger charge is -2.36. The Labute approximate surface area is 147 Å². The predicted octanol–water partition coefficient (Wildman–Crippen LogP) is 2.71. The second kappa shape index (κ2) is 7.79. The Morgan fingerprint density at radius 3 is 2.48 bits per heavy atom. The molecular formula is C19H27F2N3O. The molecule has 3 N–H and O–H groups in total. The van der Waals surface area contributed by atoms with Gasteiger partial charge in [-0.1, -0.05) is 25.3 Å². The first kappa shape index (κ1) is 18.3. The maximum absolute atomic E-state index is 13.3. The second-order valence-corrected chi connectivity index (χ2v) is 7.49. The van der Waals surface area contributed by atoms with Gasteiger partial charge < -0.3 is 11.1 Å². The maximum atomic E-state index is 13.3. The molecule has 1 aliphatic heterocycles. The minimum absolute atomic E-state index is 0.00810. The van der Waals surface area contributed by atoms with Crippen molar-refractivity contribution >= 4 is 5.91 Å². The zero-order chi connectivity index (χ0) is 17.9. The van der Waals surface area contributed by atoms with E-state index in [1.165, 1.54) is 12.1 Å². The molecule has 0 unspecified atom stereocenters. The number of nitrogens with zero attached hydrogens (tertiary/aromatic N) is 1. The van der Waals surface area contributed by atoms with Crippen LogP contribution in [0.2, 0.25) is 0 Å². The molecule has 138 valence electrons. The first-order valence-corrected chi connectivity index (χ1v) is 9.22. The fraction of sp³-hybridized carbons (Fsp3) is 0.632. The third-order valence-corrected chi connectivity index (χ3v) is 5.51. The number of amides is 1. The molecule has 1 aromatic rings. The van der Waals surface area contributed by atoms with Crippen LogP contribution in [0.25, 0.3) is 0 Å². The molecule has 1 saturated heterocycles. The van der Waals surface area contributed by atoms with Gasteiger partial charge in [-0.2, -0.15) is 0 Å². The number of piperidine rings is 1. The van der Waals surface area contributed by atoms with E-state index < -0.39 is 17.2 Å². The third-order valence-electron chi connectivity index (χ3n) is 5.51. The van der Waals surface area contributed by atoms with Crippen molar-refractivity contribution in [1.29, 1.82) is 0 Å². The largest absolute Gasteiger partial charge is 0.352 e. The Morgan fingerprint density at radius 2 is 1.84 bits per heavy atom. The zero-order valence-electron chi connectivity index (χ0n) is 14.6. The summed E-state index contributed by atoms with van der Waals surface area (Å²) in [5.74, 6) is -1.63. The lowest BCUT2D eigenvalue weighted by molar-refractivity contribution is -0.128. The fourth-order valence-corrected chi connectivity index (χ4v) is 3.87. The van der Waals surface area contributed by atoms with Crippen molar-refractivity contribution < 1.29 is 13.6 Å². The van der Waals surface area contributed by atoms with E-state index in [9.17, 15) is 13.6 Å². The Balaban J connectivity index is 1.46. The smallest absolute Gasteiger partial charge is 0.240 e. The molecule has 0 atom stereocenters. The fourth-order valence-electron chi connectivity index (χ4n) is 3.87. The first-order valence-electron chi connectivity index (χ1n) is 9.22. The second-order valence-electron chi connectivity index (χ2n) is 7.49. The van der Waals surface area contributed by atoms with E-state index in [1.807, 2.05) is 0 Å². The van der Waals surface area contributed by atoms with Crippen LogP contribution in [0.5, 0.6) is 0 Å². The van der Waals surface area contributed by atoms with Crippen molar-refractivity contribution in [3.05, 3.63) is 35.4 Å². The Hall–Kier alpha value is -1.53. The molecule has 25 heavy (non-hydrogen) atoms. The molecule has 1 saturated carbocycles. The van der Waals surface area contributed by atoms with Crippen LogP contribution in [-0.4, -0.2) is 35.5 Å². The number of hydrogen-bond donors (Lipinski definition) is 2. The summed E-state index contributed by atoms with van der Waals surface area (Å²) < 4.78 is 26.3. The lowest BCUT2D eigenvalue weighted by atomic mass is 9.81. The van der Waals surface area contributed by atoms with Gasteiger partial charge in [0.15, 0.2) is 11.6 Å². The molecular weight excluding hydrogens is 324 g/mol. The van der Waals surface area contributed by atoms with Gasteiger partial charge in [-0.25, -0.2) is 8.78 Å². The molecule has 1 heterocycles. The predicted molar refractivity (Wildman–Crippen MR) is 92.8 cm³/mol. The maximum Gasteiger partial charge on any atom is 0.240 e. The zero-order valence-corrected chi connectivity index (χ0v) is 14.6. The minimum atomic E-state index is -0.816. The van der Waals surface area contributed by atoms with Gasteiger partial charge in [0, 0.05) is 25.7 Å². The van der Waals surface area contributed by atoms with Crippen molar-refractivity contribution in [3.63, 3.8) is 0 Å². The van der Waals surface area contributed by atoms with Crippen LogP contribution in [0.4, 0.5) is 8.78 Å². The van der Waals surface area contributed by atoms with Gasteiger partial charge in [0.2, 0.25) is 5.91 Å². The van der Waals surface area contributed by atoms with E-state index in [4.69, 9.17) is 5.73 Å². The van der Waals surface area contributed by atoms with Crippen LogP contribution >= 0.6 is 0 Å². The van der Waals surface area contributed by atoms with Gasteiger partial charge in [0.1, 0.15) is 0 Å². The number of halogens is 2. The Bertz CT molecular complexity index is 609. The quantitative estimate of drug-likeness (QED) is 0.877. The number of carbonyl (C=O) groups excluding carboxylic acids is 1. The van der Waals surface area contributed by atoms with E-state index in [2.05, 4.69) is 10.2 Å². The van der Waals surface area contributed by atoms with Crippen LogP contribution in [0.3, 0.4) is 0 Å². The molecule has 0 spiro atoms. The van der Waals surface area contributed by atoms with Gasteiger partial charge in [0.25, 0.3) is 0 Å². The normalized spacial score (nSPS) is 21.9. The molecule has 1 aromatic carbocycles. The van der Waals surface area contributed by atoms with Crippen LogP contribution in [-0.2, 0) is 11.3 Å². The van der Waals surface area contributed by atoms with Crippen LogP contribution in [0.15, 0.2) is 18.2 Å². The molecule has 1 aliphatic carbocycles. The first-order chi connectivity index (χ1) is 12.0. The SMILES string of the molecule is NC1(C(=O)NC2CCN(Cc3ccc(F)c(F)c3)CC2)CCCCC1. The molecule has 0 radical (unpaired) electrons. The summed E-state index contributed by atoms with van der Waals surface area (Å²) in [4.78, 5) is 14.7. The summed E-state index contributed by atoms with van der Waals surface area (Å²) in [5, 5.41) is 3.13. The number of likely N-dealkylation sites (tertiary alicyclic amines) is 1. The van der Waals surface area contributed by atoms with E-state index in [-0.39, 0.29) is 11.9 Å². The summed E-state index contributed by atoms with van der Waals surface area (Å²) in [6.07, 6.45) is 6.46. The minimum Gasteiger partial charge on any atom is -0.352 e. The summed E-state index contributed by atoms with van der Waals surface area (Å²) >= 11 is 0. The molecule has 4 nitrogen and oxygen atoms in total. The average Bonchev–Trinajstić information content (AvgIpc) is 2.60. The Kier molecular flexibility index (Phi) is 5.69. The number of nitrogens with two attached hydrogens (primary N) is 1. The van der Waals surface area contributed by atoms with E-state index in [0.717, 1.165) is 63.6 Å². The molecule has 2 aliphatic rings. The average molecular weight is 351 g/mol. The molecule has 0 aromatic heterocycles. The van der Waals surface area contributed by atoms with Crippen molar-refractivity contribution in [2.75, 3.05) is 13.1 Å². The van der Waals surface area contributed by atoms with E-state index in [1.54, 1.807) is 6.07 Å². The highest BCUT2D eigenvalue weighted by Gasteiger charge is 2.36. The van der Waals surface area contributed by atoms with Crippen LogP contribution < -0.4 is 11.1 Å². The van der Waals surface area contributed by atoms with Crippen LogP contribution in [0.1, 0.15) is 50.5 Å². The Morgan fingerprint density at radius 1 is 1.16 bits per heavy atom. The van der Waals surface area contributed by atoms with Gasteiger partial charge in [-0.15, -0.1) is 0 Å². The molecule has 2 fully saturated rings. The van der Waals surface area contributed by atoms with Crippen molar-refractivity contribution in [2.45, 2.75) is 63.1 Å². The third kappa shape index (κ3) is 4.55.